The molecule has 1 aromatic heterocycles. The summed E-state index contributed by atoms with van der Waals surface area (Å²) in [5.74, 6) is -1.23. The van der Waals surface area contributed by atoms with Crippen molar-refractivity contribution in [2.24, 2.45) is 5.41 Å². The van der Waals surface area contributed by atoms with Crippen molar-refractivity contribution in [3.8, 4) is 5.75 Å². The number of rotatable bonds is 2. The minimum atomic E-state index is -1.62. The Morgan fingerprint density at radius 1 is 1.32 bits per heavy atom. The second-order valence-electron chi connectivity index (χ2n) is 7.84. The monoisotopic (exact) mass is 342 g/mol. The molecule has 0 amide bonds. The zero-order valence-corrected chi connectivity index (χ0v) is 14.9. The Bertz CT molecular complexity index is 956. The van der Waals surface area contributed by atoms with Crippen LogP contribution in [0.3, 0.4) is 0 Å². The van der Waals surface area contributed by atoms with E-state index in [1.165, 1.54) is 0 Å². The summed E-state index contributed by atoms with van der Waals surface area (Å²) in [7, 11) is 0. The van der Waals surface area contributed by atoms with Gasteiger partial charge in [0, 0.05) is 0 Å². The molecule has 5 nitrogen and oxygen atoms in total. The van der Waals surface area contributed by atoms with E-state index in [1.54, 1.807) is 12.1 Å². The van der Waals surface area contributed by atoms with Gasteiger partial charge in [-0.3, -0.25) is 0 Å². The predicted octanol–water partition coefficient (Wildman–Crippen LogP) is 3.09. The predicted molar refractivity (Wildman–Crippen MR) is 93.8 cm³/mol. The normalized spacial score (nSPS) is 32.8. The molecule has 0 radical (unpaired) electrons. The number of fused-ring (bicyclic) bond motifs is 3. The lowest BCUT2D eigenvalue weighted by Gasteiger charge is -2.46. The molecule has 4 rings (SSSR count). The highest BCUT2D eigenvalue weighted by molar-refractivity contribution is 5.88. The molecular weight excluding hydrogens is 320 g/mol. The molecule has 5 heteroatoms. The number of hydrogen-bond acceptors (Lipinski definition) is 5. The van der Waals surface area contributed by atoms with Crippen LogP contribution in [0.2, 0.25) is 0 Å². The first kappa shape index (κ1) is 16.4. The minimum absolute atomic E-state index is 0.269. The van der Waals surface area contributed by atoms with Gasteiger partial charge in [0.2, 0.25) is 5.79 Å². The summed E-state index contributed by atoms with van der Waals surface area (Å²) in [4.78, 5) is 12.5. The van der Waals surface area contributed by atoms with Crippen molar-refractivity contribution < 1.29 is 19.0 Å². The molecular formula is C20H22O5. The summed E-state index contributed by atoms with van der Waals surface area (Å²) in [6.07, 6.45) is 1.39. The summed E-state index contributed by atoms with van der Waals surface area (Å²) < 4.78 is 17.3. The maximum Gasteiger partial charge on any atom is 0.343 e. The highest BCUT2D eigenvalue weighted by Gasteiger charge is 2.69. The van der Waals surface area contributed by atoms with Gasteiger partial charge in [0.1, 0.15) is 11.3 Å². The Kier molecular flexibility index (Phi) is 3.10. The van der Waals surface area contributed by atoms with E-state index in [9.17, 15) is 9.90 Å². The third kappa shape index (κ3) is 2.06. The molecule has 1 fully saturated rings. The zero-order chi connectivity index (χ0) is 18.2. The van der Waals surface area contributed by atoms with E-state index in [-0.39, 0.29) is 6.42 Å². The SMILES string of the molecule is C=CC1(C)Cc2c(c3c(C)cccc3oc2=O)OC1(O)C1OC1(C)C. The molecule has 1 aromatic carbocycles. The molecule has 3 atom stereocenters. The largest absolute Gasteiger partial charge is 0.457 e. The second-order valence-corrected chi connectivity index (χ2v) is 7.84. The van der Waals surface area contributed by atoms with Crippen LogP contribution < -0.4 is 10.4 Å². The van der Waals surface area contributed by atoms with Crippen LogP contribution in [0.5, 0.6) is 5.75 Å². The summed E-state index contributed by atoms with van der Waals surface area (Å²) in [6, 6.07) is 5.47. The molecule has 132 valence electrons. The van der Waals surface area contributed by atoms with Crippen molar-refractivity contribution in [1.29, 1.82) is 0 Å². The van der Waals surface area contributed by atoms with Gasteiger partial charge < -0.3 is 19.0 Å². The molecule has 3 heterocycles. The first-order valence-electron chi connectivity index (χ1n) is 8.41. The van der Waals surface area contributed by atoms with Crippen molar-refractivity contribution in [3.05, 3.63) is 52.4 Å². The molecule has 1 N–H and O–H groups in total. The van der Waals surface area contributed by atoms with Gasteiger partial charge in [0.25, 0.3) is 0 Å². The number of benzene rings is 1. The van der Waals surface area contributed by atoms with Crippen LogP contribution in [0.4, 0.5) is 0 Å². The third-order valence-electron chi connectivity index (χ3n) is 5.61. The van der Waals surface area contributed by atoms with Crippen LogP contribution >= 0.6 is 0 Å². The van der Waals surface area contributed by atoms with E-state index in [0.29, 0.717) is 22.3 Å². The summed E-state index contributed by atoms with van der Waals surface area (Å²) in [5.41, 5.74) is -0.0431. The number of ether oxygens (including phenoxy) is 2. The van der Waals surface area contributed by atoms with Gasteiger partial charge in [-0.25, -0.2) is 4.79 Å². The van der Waals surface area contributed by atoms with Gasteiger partial charge >= 0.3 is 5.63 Å². The molecule has 0 bridgehead atoms. The minimum Gasteiger partial charge on any atom is -0.457 e. The van der Waals surface area contributed by atoms with E-state index in [0.717, 1.165) is 5.56 Å². The number of epoxide rings is 1. The first-order valence-corrected chi connectivity index (χ1v) is 8.41. The first-order chi connectivity index (χ1) is 11.6. The van der Waals surface area contributed by atoms with E-state index >= 15 is 0 Å². The van der Waals surface area contributed by atoms with Gasteiger partial charge in [-0.05, 0) is 45.7 Å². The lowest BCUT2D eigenvalue weighted by atomic mass is 9.71. The molecule has 3 unspecified atom stereocenters. The van der Waals surface area contributed by atoms with Gasteiger partial charge in [-0.2, -0.15) is 0 Å². The second kappa shape index (κ2) is 4.74. The van der Waals surface area contributed by atoms with Gasteiger partial charge in [-0.15, -0.1) is 6.58 Å². The lowest BCUT2D eigenvalue weighted by Crippen LogP contribution is -2.59. The van der Waals surface area contributed by atoms with Gasteiger partial charge in [0.05, 0.1) is 22.0 Å². The molecule has 0 aliphatic carbocycles. The van der Waals surface area contributed by atoms with E-state index in [2.05, 4.69) is 6.58 Å². The van der Waals surface area contributed by atoms with Crippen LogP contribution in [0.15, 0.2) is 40.1 Å². The van der Waals surface area contributed by atoms with Crippen LogP contribution in [-0.4, -0.2) is 22.6 Å². The summed E-state index contributed by atoms with van der Waals surface area (Å²) in [5, 5.41) is 12.2. The van der Waals surface area contributed by atoms with E-state index in [4.69, 9.17) is 13.9 Å². The Hall–Kier alpha value is -2.11. The highest BCUT2D eigenvalue weighted by atomic mass is 16.7. The molecule has 2 aliphatic heterocycles. The van der Waals surface area contributed by atoms with Gasteiger partial charge in [-0.1, -0.05) is 18.2 Å². The van der Waals surface area contributed by atoms with Crippen LogP contribution in [0.25, 0.3) is 11.0 Å². The van der Waals surface area contributed by atoms with Crippen molar-refractivity contribution in [3.63, 3.8) is 0 Å². The number of hydrogen-bond donors (Lipinski definition) is 1. The van der Waals surface area contributed by atoms with Crippen molar-refractivity contribution in [2.45, 2.75) is 51.6 Å². The molecule has 0 spiro atoms. The topological polar surface area (TPSA) is 72.2 Å². The number of aryl methyl sites for hydroxylation is 1. The average molecular weight is 342 g/mol. The molecule has 25 heavy (non-hydrogen) atoms. The Labute approximate surface area is 145 Å². The summed E-state index contributed by atoms with van der Waals surface area (Å²) >= 11 is 0. The lowest BCUT2D eigenvalue weighted by molar-refractivity contribution is -0.223. The maximum atomic E-state index is 12.5. The highest BCUT2D eigenvalue weighted by Crippen LogP contribution is 2.55. The Morgan fingerprint density at radius 3 is 2.60 bits per heavy atom. The zero-order valence-electron chi connectivity index (χ0n) is 14.9. The van der Waals surface area contributed by atoms with Gasteiger partial charge in [0.15, 0.2) is 6.10 Å². The third-order valence-corrected chi connectivity index (χ3v) is 5.61. The molecule has 1 saturated heterocycles. The molecule has 2 aromatic rings. The van der Waals surface area contributed by atoms with Crippen LogP contribution in [0, 0.1) is 12.3 Å². The van der Waals surface area contributed by atoms with Crippen molar-refractivity contribution in [1.82, 2.24) is 0 Å². The maximum absolute atomic E-state index is 12.5. The summed E-state index contributed by atoms with van der Waals surface area (Å²) in [6.45, 7) is 11.4. The Balaban J connectivity index is 2.00. The standard InChI is InChI=1S/C20H22O5/c1-6-19(5)10-12-15(24-20(19,22)17-18(3,4)25-17)14-11(2)8-7-9-13(14)23-16(12)21/h6-9,17,22H,1,10H2,2-5H3. The molecule has 0 saturated carbocycles. The fourth-order valence-electron chi connectivity index (χ4n) is 3.85. The number of aliphatic hydroxyl groups is 1. The van der Waals surface area contributed by atoms with E-state index in [1.807, 2.05) is 39.8 Å². The smallest absolute Gasteiger partial charge is 0.343 e. The van der Waals surface area contributed by atoms with Crippen molar-refractivity contribution in [2.75, 3.05) is 0 Å². The van der Waals surface area contributed by atoms with Crippen LogP contribution in [-0.2, 0) is 11.2 Å². The quantitative estimate of drug-likeness (QED) is 0.516. The fourth-order valence-corrected chi connectivity index (χ4v) is 3.85. The average Bonchev–Trinajstić information content (AvgIpc) is 3.19. The van der Waals surface area contributed by atoms with Crippen LogP contribution in [0.1, 0.15) is 31.9 Å². The van der Waals surface area contributed by atoms with Crippen molar-refractivity contribution >= 4 is 11.0 Å². The van der Waals surface area contributed by atoms with E-state index < -0.39 is 28.5 Å². The Morgan fingerprint density at radius 2 is 2.00 bits per heavy atom. The molecule has 2 aliphatic rings. The fraction of sp³-hybridized carbons (Fsp3) is 0.450.